The van der Waals surface area contributed by atoms with Crippen LogP contribution in [0.5, 0.6) is 5.75 Å². The van der Waals surface area contributed by atoms with Gasteiger partial charge in [0.15, 0.2) is 11.6 Å². The van der Waals surface area contributed by atoms with Gasteiger partial charge < -0.3 is 14.9 Å². The number of methoxy groups -OCH3 is 1. The molecule has 5 heteroatoms. The molecule has 3 rings (SSSR count). The molecular formula is C16H13BrFNO2. The van der Waals surface area contributed by atoms with Gasteiger partial charge in [-0.2, -0.15) is 0 Å². The van der Waals surface area contributed by atoms with Crippen molar-refractivity contribution in [2.75, 3.05) is 7.11 Å². The molecule has 1 aromatic heterocycles. The monoisotopic (exact) mass is 349 g/mol. The third-order valence-corrected chi connectivity index (χ3v) is 3.98. The van der Waals surface area contributed by atoms with Crippen molar-refractivity contribution in [3.63, 3.8) is 0 Å². The lowest BCUT2D eigenvalue weighted by molar-refractivity contribution is 0.386. The SMILES string of the molecule is COc1ccc(C(N)c2cc3cccc(Br)c3o2)cc1F. The van der Waals surface area contributed by atoms with E-state index in [1.54, 1.807) is 12.1 Å². The van der Waals surface area contributed by atoms with E-state index < -0.39 is 11.9 Å². The molecule has 0 aliphatic rings. The lowest BCUT2D eigenvalue weighted by Crippen LogP contribution is -2.11. The first-order valence-electron chi connectivity index (χ1n) is 6.37. The molecule has 21 heavy (non-hydrogen) atoms. The van der Waals surface area contributed by atoms with Crippen LogP contribution in [0.4, 0.5) is 4.39 Å². The van der Waals surface area contributed by atoms with Crippen LogP contribution in [0.1, 0.15) is 17.4 Å². The summed E-state index contributed by atoms with van der Waals surface area (Å²) in [5.41, 5.74) is 7.54. The standard InChI is InChI=1S/C16H13BrFNO2/c1-20-13-6-5-9(7-12(13)18)15(19)14-8-10-3-2-4-11(17)16(10)21-14/h2-8,15H,19H2,1H3. The second kappa shape index (κ2) is 5.50. The largest absolute Gasteiger partial charge is 0.494 e. The number of furan rings is 1. The fourth-order valence-corrected chi connectivity index (χ4v) is 2.70. The topological polar surface area (TPSA) is 48.4 Å². The molecule has 0 fully saturated rings. The van der Waals surface area contributed by atoms with Crippen LogP contribution in [0.15, 0.2) is 51.4 Å². The zero-order valence-corrected chi connectivity index (χ0v) is 12.9. The molecule has 2 aromatic carbocycles. The highest BCUT2D eigenvalue weighted by Crippen LogP contribution is 2.32. The Kier molecular flexibility index (Phi) is 3.69. The maximum Gasteiger partial charge on any atom is 0.165 e. The van der Waals surface area contributed by atoms with Crippen molar-refractivity contribution in [1.82, 2.24) is 0 Å². The van der Waals surface area contributed by atoms with E-state index in [4.69, 9.17) is 14.9 Å². The van der Waals surface area contributed by atoms with Gasteiger partial charge in [-0.25, -0.2) is 4.39 Å². The smallest absolute Gasteiger partial charge is 0.165 e. The van der Waals surface area contributed by atoms with E-state index in [9.17, 15) is 4.39 Å². The van der Waals surface area contributed by atoms with Gasteiger partial charge in [-0.05, 0) is 45.8 Å². The summed E-state index contributed by atoms with van der Waals surface area (Å²) in [6.45, 7) is 0. The van der Waals surface area contributed by atoms with Crippen LogP contribution in [0, 0.1) is 5.82 Å². The van der Waals surface area contributed by atoms with Gasteiger partial charge in [-0.1, -0.05) is 18.2 Å². The number of fused-ring (bicyclic) bond motifs is 1. The molecule has 108 valence electrons. The van der Waals surface area contributed by atoms with Crippen molar-refractivity contribution in [1.29, 1.82) is 0 Å². The Bertz CT molecular complexity index is 800. The summed E-state index contributed by atoms with van der Waals surface area (Å²) in [6.07, 6.45) is 0. The molecule has 3 aromatic rings. The first kappa shape index (κ1) is 14.1. The molecular weight excluding hydrogens is 337 g/mol. The third-order valence-electron chi connectivity index (χ3n) is 3.36. The molecule has 1 atom stereocenters. The fourth-order valence-electron chi connectivity index (χ4n) is 2.24. The van der Waals surface area contributed by atoms with Gasteiger partial charge in [0.05, 0.1) is 17.6 Å². The van der Waals surface area contributed by atoms with E-state index in [0.29, 0.717) is 11.3 Å². The minimum atomic E-state index is -0.537. The van der Waals surface area contributed by atoms with Gasteiger partial charge in [0.2, 0.25) is 0 Å². The zero-order chi connectivity index (χ0) is 15.0. The van der Waals surface area contributed by atoms with Crippen LogP contribution in [-0.4, -0.2) is 7.11 Å². The molecule has 0 aliphatic heterocycles. The Morgan fingerprint density at radius 3 is 2.71 bits per heavy atom. The van der Waals surface area contributed by atoms with E-state index >= 15 is 0 Å². The maximum atomic E-state index is 13.8. The van der Waals surface area contributed by atoms with Crippen molar-refractivity contribution in [3.8, 4) is 5.75 Å². The lowest BCUT2D eigenvalue weighted by atomic mass is 10.0. The van der Waals surface area contributed by atoms with E-state index in [2.05, 4.69) is 15.9 Å². The first-order valence-corrected chi connectivity index (χ1v) is 7.16. The summed E-state index contributed by atoms with van der Waals surface area (Å²) in [5.74, 6) is 0.336. The van der Waals surface area contributed by atoms with Gasteiger partial charge in [0.1, 0.15) is 11.3 Å². The molecule has 1 unspecified atom stereocenters. The van der Waals surface area contributed by atoms with Gasteiger partial charge in [-0.15, -0.1) is 0 Å². The highest BCUT2D eigenvalue weighted by molar-refractivity contribution is 9.10. The molecule has 0 bridgehead atoms. The molecule has 0 amide bonds. The van der Waals surface area contributed by atoms with Crippen LogP contribution in [0.3, 0.4) is 0 Å². The number of halogens is 2. The van der Waals surface area contributed by atoms with Crippen molar-refractivity contribution in [3.05, 3.63) is 64.1 Å². The van der Waals surface area contributed by atoms with Crippen molar-refractivity contribution in [2.45, 2.75) is 6.04 Å². The molecule has 1 heterocycles. The van der Waals surface area contributed by atoms with Crippen LogP contribution >= 0.6 is 15.9 Å². The number of ether oxygens (including phenoxy) is 1. The molecule has 0 spiro atoms. The predicted octanol–water partition coefficient (Wildman–Crippen LogP) is 4.39. The summed E-state index contributed by atoms with van der Waals surface area (Å²) >= 11 is 3.43. The molecule has 3 nitrogen and oxygen atoms in total. The Labute approximate surface area is 129 Å². The maximum absolute atomic E-state index is 13.8. The zero-order valence-electron chi connectivity index (χ0n) is 11.3. The number of nitrogens with two attached hydrogens (primary N) is 1. The Hall–Kier alpha value is -1.85. The normalized spacial score (nSPS) is 12.6. The number of benzene rings is 2. The van der Waals surface area contributed by atoms with E-state index in [1.807, 2.05) is 24.3 Å². The summed E-state index contributed by atoms with van der Waals surface area (Å²) in [4.78, 5) is 0. The number of hydrogen-bond acceptors (Lipinski definition) is 3. The Morgan fingerprint density at radius 2 is 2.05 bits per heavy atom. The minimum Gasteiger partial charge on any atom is -0.494 e. The van der Waals surface area contributed by atoms with Crippen LogP contribution in [0.25, 0.3) is 11.0 Å². The second-order valence-corrected chi connectivity index (χ2v) is 5.53. The first-order chi connectivity index (χ1) is 10.1. The summed E-state index contributed by atoms with van der Waals surface area (Å²) < 4.78 is 25.3. The van der Waals surface area contributed by atoms with E-state index in [0.717, 1.165) is 15.4 Å². The predicted molar refractivity (Wildman–Crippen MR) is 82.9 cm³/mol. The Balaban J connectivity index is 2.01. The third kappa shape index (κ3) is 2.54. The fraction of sp³-hybridized carbons (Fsp3) is 0.125. The molecule has 0 saturated carbocycles. The van der Waals surface area contributed by atoms with Crippen molar-refractivity contribution >= 4 is 26.9 Å². The highest BCUT2D eigenvalue weighted by Gasteiger charge is 2.17. The van der Waals surface area contributed by atoms with Crippen LogP contribution < -0.4 is 10.5 Å². The van der Waals surface area contributed by atoms with Gasteiger partial charge in [0, 0.05) is 5.39 Å². The molecule has 0 saturated heterocycles. The van der Waals surface area contributed by atoms with Crippen molar-refractivity contribution < 1.29 is 13.5 Å². The lowest BCUT2D eigenvalue weighted by Gasteiger charge is -2.10. The molecule has 2 N–H and O–H groups in total. The van der Waals surface area contributed by atoms with Crippen molar-refractivity contribution in [2.24, 2.45) is 5.73 Å². The molecule has 0 radical (unpaired) electrons. The van der Waals surface area contributed by atoms with Crippen LogP contribution in [0.2, 0.25) is 0 Å². The van der Waals surface area contributed by atoms with Gasteiger partial charge >= 0.3 is 0 Å². The summed E-state index contributed by atoms with van der Waals surface area (Å²) in [5, 5.41) is 0.948. The Morgan fingerprint density at radius 1 is 1.24 bits per heavy atom. The van der Waals surface area contributed by atoms with Gasteiger partial charge in [0.25, 0.3) is 0 Å². The number of para-hydroxylation sites is 1. The van der Waals surface area contributed by atoms with E-state index in [-0.39, 0.29) is 5.75 Å². The number of hydrogen-bond donors (Lipinski definition) is 1. The average Bonchev–Trinajstić information content (AvgIpc) is 2.92. The number of rotatable bonds is 3. The minimum absolute atomic E-state index is 0.193. The van der Waals surface area contributed by atoms with E-state index in [1.165, 1.54) is 13.2 Å². The van der Waals surface area contributed by atoms with Gasteiger partial charge in [-0.3, -0.25) is 0 Å². The highest BCUT2D eigenvalue weighted by atomic mass is 79.9. The summed E-state index contributed by atoms with van der Waals surface area (Å²) in [6, 6.07) is 11.7. The summed E-state index contributed by atoms with van der Waals surface area (Å²) in [7, 11) is 1.43. The van der Waals surface area contributed by atoms with Crippen LogP contribution in [-0.2, 0) is 0 Å². The average molecular weight is 350 g/mol. The quantitative estimate of drug-likeness (QED) is 0.762. The second-order valence-electron chi connectivity index (χ2n) is 4.68. The molecule has 0 aliphatic carbocycles.